The summed E-state index contributed by atoms with van der Waals surface area (Å²) in [6.07, 6.45) is 0. The van der Waals surface area contributed by atoms with Crippen LogP contribution in [-0.2, 0) is 13.1 Å². The second-order valence-corrected chi connectivity index (χ2v) is 6.89. The number of nitrogens with zero attached hydrogens (tertiary/aromatic N) is 2. The lowest BCUT2D eigenvalue weighted by Crippen LogP contribution is -2.17. The van der Waals surface area contributed by atoms with Gasteiger partial charge in [-0.25, -0.2) is 0 Å². The Morgan fingerprint density at radius 1 is 0.933 bits per heavy atom. The van der Waals surface area contributed by atoms with Crippen LogP contribution < -0.4 is 9.47 Å². The van der Waals surface area contributed by atoms with E-state index in [-0.39, 0.29) is 11.5 Å². The van der Waals surface area contributed by atoms with E-state index in [1.807, 2.05) is 55.6 Å². The Balaban J connectivity index is 1.66. The lowest BCUT2D eigenvalue weighted by Gasteiger charge is -2.18. The van der Waals surface area contributed by atoms with E-state index in [4.69, 9.17) is 4.74 Å². The van der Waals surface area contributed by atoms with Gasteiger partial charge in [-0.15, -0.1) is 0 Å². The lowest BCUT2D eigenvalue weighted by atomic mass is 9.99. The molecular weight excluding hydrogens is 386 g/mol. The Labute approximate surface area is 174 Å². The fourth-order valence-corrected chi connectivity index (χ4v) is 3.30. The molecule has 3 aromatic carbocycles. The molecule has 3 aromatic rings. The number of ether oxygens (including phenoxy) is 2. The zero-order chi connectivity index (χ0) is 21.5. The molecule has 30 heavy (non-hydrogen) atoms. The van der Waals surface area contributed by atoms with Crippen LogP contribution in [-0.4, -0.2) is 25.7 Å². The summed E-state index contributed by atoms with van der Waals surface area (Å²) in [4.78, 5) is 2.11. The van der Waals surface area contributed by atoms with E-state index in [0.29, 0.717) is 18.7 Å². The number of hydrogen-bond donors (Lipinski definition) is 0. The Morgan fingerprint density at radius 3 is 2.27 bits per heavy atom. The molecule has 0 unspecified atom stereocenters. The van der Waals surface area contributed by atoms with E-state index in [1.54, 1.807) is 12.1 Å². The molecule has 0 radical (unpaired) electrons. The number of rotatable bonds is 8. The van der Waals surface area contributed by atoms with Crippen molar-refractivity contribution in [3.8, 4) is 28.7 Å². The second-order valence-electron chi connectivity index (χ2n) is 6.89. The third kappa shape index (κ3) is 5.34. The first-order chi connectivity index (χ1) is 14.5. The smallest absolute Gasteiger partial charge is 0.387 e. The van der Waals surface area contributed by atoms with Gasteiger partial charge in [0.05, 0.1) is 18.7 Å². The lowest BCUT2D eigenvalue weighted by molar-refractivity contribution is -0.0512. The van der Waals surface area contributed by atoms with Gasteiger partial charge < -0.3 is 9.47 Å². The van der Waals surface area contributed by atoms with Crippen LogP contribution in [0, 0.1) is 11.3 Å². The monoisotopic (exact) mass is 408 g/mol. The first kappa shape index (κ1) is 21.3. The average Bonchev–Trinajstić information content (AvgIpc) is 2.75. The maximum atomic E-state index is 12.5. The molecule has 154 valence electrons. The van der Waals surface area contributed by atoms with Crippen molar-refractivity contribution in [3.63, 3.8) is 0 Å². The summed E-state index contributed by atoms with van der Waals surface area (Å²) in [5.74, 6) is 0.300. The predicted molar refractivity (Wildman–Crippen MR) is 111 cm³/mol. The van der Waals surface area contributed by atoms with Gasteiger partial charge in [-0.2, -0.15) is 14.0 Å². The van der Waals surface area contributed by atoms with Crippen LogP contribution in [0.5, 0.6) is 11.5 Å². The average molecular weight is 408 g/mol. The number of benzene rings is 3. The molecule has 0 heterocycles. The van der Waals surface area contributed by atoms with Crippen molar-refractivity contribution in [1.82, 2.24) is 4.90 Å². The van der Waals surface area contributed by atoms with Gasteiger partial charge in [0.1, 0.15) is 0 Å². The van der Waals surface area contributed by atoms with Gasteiger partial charge in [-0.1, -0.05) is 48.5 Å². The van der Waals surface area contributed by atoms with Gasteiger partial charge in [0.2, 0.25) is 0 Å². The van der Waals surface area contributed by atoms with Crippen LogP contribution in [0.25, 0.3) is 11.1 Å². The van der Waals surface area contributed by atoms with Gasteiger partial charge in [0.15, 0.2) is 11.5 Å². The van der Waals surface area contributed by atoms with Crippen LogP contribution in [0.2, 0.25) is 0 Å². The first-order valence-electron chi connectivity index (χ1n) is 9.39. The van der Waals surface area contributed by atoms with E-state index < -0.39 is 6.61 Å². The maximum absolute atomic E-state index is 12.5. The minimum atomic E-state index is -2.89. The number of halogens is 2. The molecule has 0 amide bonds. The number of hydrogen-bond acceptors (Lipinski definition) is 4. The normalized spacial score (nSPS) is 10.8. The number of methoxy groups -OCH3 is 1. The summed E-state index contributed by atoms with van der Waals surface area (Å²) in [6, 6.07) is 22.8. The summed E-state index contributed by atoms with van der Waals surface area (Å²) in [5.41, 5.74) is 4.61. The van der Waals surface area contributed by atoms with Gasteiger partial charge in [0, 0.05) is 13.1 Å². The molecule has 0 N–H and O–H groups in total. The van der Waals surface area contributed by atoms with Crippen LogP contribution in [0.1, 0.15) is 16.7 Å². The number of alkyl halides is 2. The van der Waals surface area contributed by atoms with Crippen LogP contribution in [0.15, 0.2) is 66.7 Å². The van der Waals surface area contributed by atoms with Crippen molar-refractivity contribution in [2.75, 3.05) is 14.2 Å². The largest absolute Gasteiger partial charge is 0.493 e. The van der Waals surface area contributed by atoms with E-state index in [2.05, 4.69) is 15.7 Å². The summed E-state index contributed by atoms with van der Waals surface area (Å²) in [6.45, 7) is -1.57. The summed E-state index contributed by atoms with van der Waals surface area (Å²) < 4.78 is 34.6. The van der Waals surface area contributed by atoms with E-state index in [1.165, 1.54) is 13.2 Å². The second kappa shape index (κ2) is 9.86. The van der Waals surface area contributed by atoms with E-state index in [0.717, 1.165) is 22.3 Å². The Morgan fingerprint density at radius 2 is 1.60 bits per heavy atom. The van der Waals surface area contributed by atoms with Gasteiger partial charge in [-0.05, 0) is 47.5 Å². The highest BCUT2D eigenvalue weighted by atomic mass is 19.3. The molecule has 6 heteroatoms. The van der Waals surface area contributed by atoms with Crippen molar-refractivity contribution in [1.29, 1.82) is 5.26 Å². The molecule has 4 nitrogen and oxygen atoms in total. The molecule has 3 rings (SSSR count). The summed E-state index contributed by atoms with van der Waals surface area (Å²) in [5, 5.41) is 9.28. The van der Waals surface area contributed by atoms with Crippen molar-refractivity contribution in [3.05, 3.63) is 83.4 Å². The zero-order valence-electron chi connectivity index (χ0n) is 16.8. The third-order valence-corrected chi connectivity index (χ3v) is 4.66. The van der Waals surface area contributed by atoms with Gasteiger partial charge in [-0.3, -0.25) is 4.90 Å². The van der Waals surface area contributed by atoms with E-state index in [9.17, 15) is 14.0 Å². The molecule has 0 atom stereocenters. The Kier molecular flexibility index (Phi) is 6.99. The molecule has 0 aliphatic carbocycles. The number of nitriles is 1. The van der Waals surface area contributed by atoms with E-state index >= 15 is 0 Å². The highest BCUT2D eigenvalue weighted by molar-refractivity contribution is 5.70. The van der Waals surface area contributed by atoms with Crippen molar-refractivity contribution >= 4 is 0 Å². The molecule has 0 aliphatic heterocycles. The molecular formula is C24H22F2N2O2. The minimum absolute atomic E-state index is 0.0205. The SMILES string of the molecule is COc1cc(CN(C)Cc2ccc(-c3ccccc3C#N)cc2)ccc1OC(F)F. The Hall–Kier alpha value is -3.43. The highest BCUT2D eigenvalue weighted by Gasteiger charge is 2.12. The quantitative estimate of drug-likeness (QED) is 0.496. The van der Waals surface area contributed by atoms with Crippen LogP contribution in [0.4, 0.5) is 8.78 Å². The fraction of sp³-hybridized carbons (Fsp3) is 0.208. The third-order valence-electron chi connectivity index (χ3n) is 4.66. The fourth-order valence-electron chi connectivity index (χ4n) is 3.30. The standard InChI is InChI=1S/C24H22F2N2O2/c1-28(16-18-9-12-22(30-24(25)26)23(13-18)29-2)15-17-7-10-19(11-8-17)21-6-4-3-5-20(21)14-27/h3-13,24H,15-16H2,1-2H3. The zero-order valence-corrected chi connectivity index (χ0v) is 16.8. The van der Waals surface area contributed by atoms with Crippen LogP contribution in [0.3, 0.4) is 0 Å². The molecule has 0 aliphatic rings. The summed E-state index contributed by atoms with van der Waals surface area (Å²) >= 11 is 0. The molecule has 0 bridgehead atoms. The maximum Gasteiger partial charge on any atom is 0.387 e. The van der Waals surface area contributed by atoms with Crippen LogP contribution >= 0.6 is 0 Å². The van der Waals surface area contributed by atoms with Crippen molar-refractivity contribution < 1.29 is 18.3 Å². The van der Waals surface area contributed by atoms with Gasteiger partial charge in [0.25, 0.3) is 0 Å². The highest BCUT2D eigenvalue weighted by Crippen LogP contribution is 2.30. The van der Waals surface area contributed by atoms with Crippen molar-refractivity contribution in [2.24, 2.45) is 0 Å². The molecule has 0 saturated carbocycles. The minimum Gasteiger partial charge on any atom is -0.493 e. The molecule has 0 saturated heterocycles. The Bertz CT molecular complexity index is 1030. The molecule has 0 fully saturated rings. The van der Waals surface area contributed by atoms with Crippen molar-refractivity contribution in [2.45, 2.75) is 19.7 Å². The molecule has 0 spiro atoms. The topological polar surface area (TPSA) is 45.5 Å². The predicted octanol–water partition coefficient (Wildman–Crippen LogP) is 5.47. The van der Waals surface area contributed by atoms with Gasteiger partial charge >= 0.3 is 6.61 Å². The first-order valence-corrected chi connectivity index (χ1v) is 9.39. The molecule has 0 aromatic heterocycles. The summed E-state index contributed by atoms with van der Waals surface area (Å²) in [7, 11) is 3.40.